The summed E-state index contributed by atoms with van der Waals surface area (Å²) in [6.07, 6.45) is 0. The highest BCUT2D eigenvalue weighted by atomic mass is 16.2. The van der Waals surface area contributed by atoms with E-state index in [2.05, 4.69) is 9.98 Å². The Kier molecular flexibility index (Phi) is 0.917. The number of amides is 2. The largest absolute Gasteiger partial charge is 0.669 e. The van der Waals surface area contributed by atoms with Crippen LogP contribution in [-0.4, -0.2) is 6.03 Å². The van der Waals surface area contributed by atoms with Gasteiger partial charge in [0.25, 0.3) is 10.7 Å². The number of hydrogen-bond acceptors (Lipinski definition) is 1. The molecule has 0 saturated carbocycles. The van der Waals surface area contributed by atoms with Crippen molar-refractivity contribution in [2.45, 2.75) is 0 Å². The highest BCUT2D eigenvalue weighted by Crippen LogP contribution is 1.64. The third-order valence-electron chi connectivity index (χ3n) is 1.42. The maximum atomic E-state index is 10.7. The van der Waals surface area contributed by atoms with Crippen molar-refractivity contribution in [2.24, 2.45) is 0 Å². The Morgan fingerprint density at radius 1 is 1.00 bits per heavy atom. The number of benzene rings is 1. The summed E-state index contributed by atoms with van der Waals surface area (Å²) >= 11 is 0. The van der Waals surface area contributed by atoms with Gasteiger partial charge >= 0.3 is 6.03 Å². The monoisotopic (exact) mass is 134 g/mol. The van der Waals surface area contributed by atoms with Crippen molar-refractivity contribution in [3.05, 3.63) is 35.0 Å². The molecule has 0 saturated heterocycles. The Balaban J connectivity index is 2.96. The first-order chi connectivity index (χ1) is 4.86. The molecule has 3 nitrogen and oxygen atoms in total. The lowest BCUT2D eigenvalue weighted by Gasteiger charge is -1.66. The molecule has 10 heavy (non-hydrogen) atoms. The Hall–Kier alpha value is -1.51. The normalized spacial score (nSPS) is 13.8. The summed E-state index contributed by atoms with van der Waals surface area (Å²) in [6, 6.07) is 7.32. The van der Waals surface area contributed by atoms with Crippen molar-refractivity contribution in [3.63, 3.8) is 0 Å². The van der Waals surface area contributed by atoms with Crippen LogP contribution in [0.5, 0.6) is 0 Å². The van der Waals surface area contributed by atoms with Crippen LogP contribution in [0.15, 0.2) is 24.3 Å². The number of nitrogens with one attached hydrogen (secondary N) is 2. The van der Waals surface area contributed by atoms with Crippen molar-refractivity contribution >= 4 is 6.03 Å². The third-order valence-corrected chi connectivity index (χ3v) is 1.42. The molecule has 1 aromatic rings. The van der Waals surface area contributed by atoms with Crippen LogP contribution < -0.4 is 20.7 Å². The molecule has 1 heterocycles. The first kappa shape index (κ1) is 5.29. The second kappa shape index (κ2) is 1.73. The fraction of sp³-hybridized carbons (Fsp3) is 0. The summed E-state index contributed by atoms with van der Waals surface area (Å²) in [6.45, 7) is 0. The molecule has 0 unspecified atom stereocenters. The summed E-state index contributed by atoms with van der Waals surface area (Å²) in [5.74, 6) is 0. The minimum atomic E-state index is -0.152. The van der Waals surface area contributed by atoms with Crippen molar-refractivity contribution in [2.75, 3.05) is 0 Å². The zero-order chi connectivity index (χ0) is 6.97. The Morgan fingerprint density at radius 3 is 2.00 bits per heavy atom. The van der Waals surface area contributed by atoms with Gasteiger partial charge in [-0.2, -0.15) is 4.79 Å². The van der Waals surface area contributed by atoms with E-state index in [4.69, 9.17) is 0 Å². The molecule has 0 fully saturated rings. The van der Waals surface area contributed by atoms with E-state index >= 15 is 0 Å². The van der Waals surface area contributed by atoms with Crippen LogP contribution in [-0.2, 0) is 0 Å². The molecule has 3 heteroatoms. The average molecular weight is 134 g/mol. The molecular weight excluding hydrogens is 128 g/mol. The molecule has 0 spiro atoms. The molecule has 0 radical (unpaired) electrons. The minimum Gasteiger partial charge on any atom is -0.151 e. The number of rotatable bonds is 0. The average Bonchev–Trinajstić information content (AvgIpc) is 2.27. The lowest BCUT2D eigenvalue weighted by atomic mass is 10.3. The molecule has 2 N–H and O–H groups in total. The summed E-state index contributed by atoms with van der Waals surface area (Å²) in [7, 11) is 0. The number of urea groups is 1. The molecule has 1 aromatic carbocycles. The van der Waals surface area contributed by atoms with Gasteiger partial charge in [-0.15, -0.1) is 9.98 Å². The SMILES string of the molecule is O=C1[NH+]=c2ccccc2=[NH+]1. The Morgan fingerprint density at radius 2 is 1.50 bits per heavy atom. The summed E-state index contributed by atoms with van der Waals surface area (Å²) < 4.78 is 0. The zero-order valence-corrected chi connectivity index (χ0v) is 5.22. The quantitative estimate of drug-likeness (QED) is 0.376. The number of carbonyl (C=O) groups is 1. The van der Waals surface area contributed by atoms with Crippen molar-refractivity contribution in [1.82, 2.24) is 0 Å². The summed E-state index contributed by atoms with van der Waals surface area (Å²) in [5.41, 5.74) is 0. The van der Waals surface area contributed by atoms with E-state index in [0.29, 0.717) is 0 Å². The van der Waals surface area contributed by atoms with E-state index in [9.17, 15) is 4.79 Å². The second-order valence-electron chi connectivity index (χ2n) is 2.12. The van der Waals surface area contributed by atoms with E-state index in [1.165, 1.54) is 0 Å². The second-order valence-corrected chi connectivity index (χ2v) is 2.12. The van der Waals surface area contributed by atoms with Crippen LogP contribution in [0.25, 0.3) is 0 Å². The first-order valence-corrected chi connectivity index (χ1v) is 3.03. The van der Waals surface area contributed by atoms with Crippen LogP contribution in [0, 0.1) is 0 Å². The van der Waals surface area contributed by atoms with E-state index in [0.717, 1.165) is 10.7 Å². The van der Waals surface area contributed by atoms with Gasteiger partial charge in [0.2, 0.25) is 0 Å². The van der Waals surface area contributed by atoms with Gasteiger partial charge in [0.15, 0.2) is 0 Å². The van der Waals surface area contributed by atoms with Crippen molar-refractivity contribution < 1.29 is 14.8 Å². The van der Waals surface area contributed by atoms with Crippen molar-refractivity contribution in [1.29, 1.82) is 0 Å². The molecule has 2 amide bonds. The number of hydrogen-bond donors (Lipinski definition) is 2. The van der Waals surface area contributed by atoms with E-state index < -0.39 is 0 Å². The van der Waals surface area contributed by atoms with Gasteiger partial charge in [-0.3, -0.25) is 0 Å². The zero-order valence-electron chi connectivity index (χ0n) is 5.22. The molecule has 0 aliphatic carbocycles. The summed E-state index contributed by atoms with van der Waals surface area (Å²) in [5, 5.41) is 1.71. The van der Waals surface area contributed by atoms with Gasteiger partial charge in [0, 0.05) is 12.1 Å². The molecule has 1 aliphatic rings. The maximum absolute atomic E-state index is 10.7. The van der Waals surface area contributed by atoms with Gasteiger partial charge in [-0.1, -0.05) is 12.1 Å². The Bertz CT molecular complexity index is 357. The number of fused-ring (bicyclic) bond motifs is 1. The standard InChI is InChI=1S/C7H4N2O/c10-7-8-5-3-1-2-4-6(5)9-7/h1-4H/p+2. The molecule has 1 aliphatic heterocycles. The van der Waals surface area contributed by atoms with E-state index in [-0.39, 0.29) is 6.03 Å². The molecule has 2 rings (SSSR count). The highest BCUT2D eigenvalue weighted by molar-refractivity contribution is 5.50. The number of para-hydroxylation sites is 2. The van der Waals surface area contributed by atoms with Gasteiger partial charge < -0.3 is 0 Å². The van der Waals surface area contributed by atoms with Gasteiger partial charge in [0.05, 0.1) is 0 Å². The predicted molar refractivity (Wildman–Crippen MR) is 31.2 cm³/mol. The van der Waals surface area contributed by atoms with Gasteiger partial charge in [0.1, 0.15) is 0 Å². The highest BCUT2D eigenvalue weighted by Gasteiger charge is 2.18. The van der Waals surface area contributed by atoms with Gasteiger partial charge in [-0.05, 0) is 0 Å². The molecule has 48 valence electrons. The molecule has 0 bridgehead atoms. The van der Waals surface area contributed by atoms with Crippen LogP contribution in [0.4, 0.5) is 4.79 Å². The molecular formula is C7H6N2O+2. The van der Waals surface area contributed by atoms with Crippen LogP contribution in [0.1, 0.15) is 0 Å². The van der Waals surface area contributed by atoms with E-state index in [1.54, 1.807) is 0 Å². The number of carbonyl (C=O) groups excluding carboxylic acids is 1. The van der Waals surface area contributed by atoms with Crippen molar-refractivity contribution in [3.8, 4) is 0 Å². The maximum Gasteiger partial charge on any atom is 0.669 e. The predicted octanol–water partition coefficient (Wildman–Crippen LogP) is -3.78. The van der Waals surface area contributed by atoms with Crippen LogP contribution in [0.2, 0.25) is 0 Å². The lowest BCUT2D eigenvalue weighted by Crippen LogP contribution is -2.93. The minimum absolute atomic E-state index is 0.152. The lowest BCUT2D eigenvalue weighted by molar-refractivity contribution is -0.517. The smallest absolute Gasteiger partial charge is 0.151 e. The Labute approximate surface area is 56.7 Å². The van der Waals surface area contributed by atoms with Crippen LogP contribution >= 0.6 is 0 Å². The fourth-order valence-electron chi connectivity index (χ4n) is 0.977. The van der Waals surface area contributed by atoms with E-state index in [1.807, 2.05) is 24.3 Å². The fourth-order valence-corrected chi connectivity index (χ4v) is 0.977. The third kappa shape index (κ3) is 0.639. The molecule has 0 aromatic heterocycles. The summed E-state index contributed by atoms with van der Waals surface area (Å²) in [4.78, 5) is 16.0. The van der Waals surface area contributed by atoms with Crippen LogP contribution in [0.3, 0.4) is 0 Å². The first-order valence-electron chi connectivity index (χ1n) is 3.03. The topological polar surface area (TPSA) is 45.0 Å². The molecule has 0 atom stereocenters. The van der Waals surface area contributed by atoms with Gasteiger partial charge in [-0.25, -0.2) is 0 Å².